The van der Waals surface area contributed by atoms with Gasteiger partial charge in [0.05, 0.1) is 18.8 Å². The Morgan fingerprint density at radius 3 is 2.72 bits per heavy atom. The number of piperidine rings is 1. The fraction of sp³-hybridized carbons (Fsp3) is 0.556. The molecule has 2 aromatic rings. The third-order valence-electron chi connectivity index (χ3n) is 4.99. The van der Waals surface area contributed by atoms with Gasteiger partial charge in [0, 0.05) is 19.1 Å². The molecule has 2 saturated heterocycles. The molecule has 1 aromatic carbocycles. The molecule has 7 heteroatoms. The van der Waals surface area contributed by atoms with Crippen molar-refractivity contribution in [2.24, 2.45) is 0 Å². The lowest BCUT2D eigenvalue weighted by atomic mass is 10.0. The van der Waals surface area contributed by atoms with Gasteiger partial charge in [-0.2, -0.15) is 4.98 Å². The number of carbonyl (C=O) groups excluding carboxylic acids is 1. The average molecular weight is 344 g/mol. The number of hydrogen-bond donors (Lipinski definition) is 1. The Kier molecular flexibility index (Phi) is 4.59. The topological polar surface area (TPSA) is 70.8 Å². The largest absolute Gasteiger partial charge is 0.423 e. The predicted molar refractivity (Wildman–Crippen MR) is 95.0 cm³/mol. The molecule has 0 unspecified atom stereocenters. The maximum atomic E-state index is 12.8. The first-order chi connectivity index (χ1) is 12.2. The molecule has 0 spiro atoms. The molecule has 0 radical (unpaired) electrons. The van der Waals surface area contributed by atoms with Crippen LogP contribution in [0.15, 0.2) is 22.6 Å². The van der Waals surface area contributed by atoms with Crippen molar-refractivity contribution >= 4 is 23.0 Å². The number of aromatic nitrogens is 1. The number of carbonyl (C=O) groups is 1. The monoisotopic (exact) mass is 344 g/mol. The molecule has 2 aliphatic heterocycles. The molecule has 4 rings (SSSR count). The quantitative estimate of drug-likeness (QED) is 0.910. The van der Waals surface area contributed by atoms with Crippen LogP contribution in [0.1, 0.15) is 23.2 Å². The summed E-state index contributed by atoms with van der Waals surface area (Å²) in [6, 6.07) is 6.32. The number of nitrogens with one attached hydrogen (secondary N) is 1. The molecular weight excluding hydrogens is 320 g/mol. The Bertz CT molecular complexity index is 746. The van der Waals surface area contributed by atoms with E-state index in [2.05, 4.69) is 27.1 Å². The first-order valence-electron chi connectivity index (χ1n) is 8.92. The highest BCUT2D eigenvalue weighted by molar-refractivity contribution is 6.04. The molecule has 25 heavy (non-hydrogen) atoms. The van der Waals surface area contributed by atoms with Crippen molar-refractivity contribution in [3.63, 3.8) is 0 Å². The first-order valence-corrected chi connectivity index (χ1v) is 8.92. The summed E-state index contributed by atoms with van der Waals surface area (Å²) >= 11 is 0. The molecule has 134 valence electrons. The van der Waals surface area contributed by atoms with Crippen LogP contribution in [0, 0.1) is 0 Å². The van der Waals surface area contributed by atoms with E-state index in [1.807, 2.05) is 18.2 Å². The van der Waals surface area contributed by atoms with Gasteiger partial charge >= 0.3 is 0 Å². The van der Waals surface area contributed by atoms with Gasteiger partial charge in [-0.3, -0.25) is 4.79 Å². The van der Waals surface area contributed by atoms with Crippen LogP contribution in [0.25, 0.3) is 11.1 Å². The molecule has 0 aliphatic carbocycles. The Morgan fingerprint density at radius 2 is 1.96 bits per heavy atom. The van der Waals surface area contributed by atoms with E-state index in [-0.39, 0.29) is 11.9 Å². The number of benzene rings is 1. The van der Waals surface area contributed by atoms with Gasteiger partial charge in [-0.05, 0) is 45.1 Å². The van der Waals surface area contributed by atoms with Gasteiger partial charge < -0.3 is 24.3 Å². The third kappa shape index (κ3) is 3.48. The molecule has 0 bridgehead atoms. The molecular formula is C18H24N4O3. The van der Waals surface area contributed by atoms with Crippen molar-refractivity contribution < 1.29 is 13.9 Å². The zero-order chi connectivity index (χ0) is 17.2. The highest BCUT2D eigenvalue weighted by Crippen LogP contribution is 2.25. The van der Waals surface area contributed by atoms with Crippen LogP contribution in [0.2, 0.25) is 0 Å². The Labute approximate surface area is 146 Å². The maximum Gasteiger partial charge on any atom is 0.298 e. The standard InChI is InChI=1S/C18H24N4O3/c1-21-7-5-13(6-8-21)19-17(23)14-3-2-4-15-16(14)20-18(25-15)22-9-11-24-12-10-22/h2-4,13H,5-12H2,1H3,(H,19,23). The van der Waals surface area contributed by atoms with Crippen molar-refractivity contribution in [1.29, 1.82) is 0 Å². The number of oxazole rings is 1. The van der Waals surface area contributed by atoms with Crippen LogP contribution in [-0.4, -0.2) is 68.3 Å². The summed E-state index contributed by atoms with van der Waals surface area (Å²) in [5, 5.41) is 3.16. The molecule has 2 aliphatic rings. The highest BCUT2D eigenvalue weighted by Gasteiger charge is 2.23. The van der Waals surface area contributed by atoms with E-state index in [9.17, 15) is 4.79 Å². The third-order valence-corrected chi connectivity index (χ3v) is 4.99. The molecule has 3 heterocycles. The second-order valence-electron chi connectivity index (χ2n) is 6.80. The fourth-order valence-electron chi connectivity index (χ4n) is 3.43. The number of morpholine rings is 1. The smallest absolute Gasteiger partial charge is 0.298 e. The van der Waals surface area contributed by atoms with Crippen molar-refractivity contribution in [2.75, 3.05) is 51.3 Å². The number of likely N-dealkylation sites (tertiary alicyclic amines) is 1. The van der Waals surface area contributed by atoms with E-state index in [0.29, 0.717) is 35.9 Å². The van der Waals surface area contributed by atoms with Crippen LogP contribution < -0.4 is 10.2 Å². The summed E-state index contributed by atoms with van der Waals surface area (Å²) in [6.45, 7) is 4.87. The van der Waals surface area contributed by atoms with E-state index in [1.54, 1.807) is 0 Å². The van der Waals surface area contributed by atoms with Gasteiger partial charge in [0.15, 0.2) is 5.58 Å². The lowest BCUT2D eigenvalue weighted by Crippen LogP contribution is -2.43. The molecule has 1 aromatic heterocycles. The normalized spacial score (nSPS) is 20.1. The van der Waals surface area contributed by atoms with Crippen LogP contribution in [-0.2, 0) is 4.74 Å². The van der Waals surface area contributed by atoms with E-state index in [1.165, 1.54) is 0 Å². The van der Waals surface area contributed by atoms with Crippen LogP contribution in [0.3, 0.4) is 0 Å². The summed E-state index contributed by atoms with van der Waals surface area (Å²) in [4.78, 5) is 21.7. The predicted octanol–water partition coefficient (Wildman–Crippen LogP) is 1.49. The second-order valence-corrected chi connectivity index (χ2v) is 6.80. The molecule has 7 nitrogen and oxygen atoms in total. The number of hydrogen-bond acceptors (Lipinski definition) is 6. The van der Waals surface area contributed by atoms with Gasteiger partial charge in [0.2, 0.25) is 0 Å². The van der Waals surface area contributed by atoms with E-state index >= 15 is 0 Å². The highest BCUT2D eigenvalue weighted by atomic mass is 16.5. The van der Waals surface area contributed by atoms with Crippen LogP contribution in [0.5, 0.6) is 0 Å². The first kappa shape index (κ1) is 16.4. The van der Waals surface area contributed by atoms with Crippen molar-refractivity contribution in [1.82, 2.24) is 15.2 Å². The summed E-state index contributed by atoms with van der Waals surface area (Å²) in [5.41, 5.74) is 1.87. The maximum absolute atomic E-state index is 12.8. The number of fused-ring (bicyclic) bond motifs is 1. The van der Waals surface area contributed by atoms with E-state index in [0.717, 1.165) is 39.0 Å². The minimum atomic E-state index is -0.0676. The number of para-hydroxylation sites is 1. The lowest BCUT2D eigenvalue weighted by Gasteiger charge is -2.29. The Balaban J connectivity index is 1.54. The molecule has 0 atom stereocenters. The summed E-state index contributed by atoms with van der Waals surface area (Å²) in [7, 11) is 2.11. The molecule has 1 amide bonds. The molecule has 1 N–H and O–H groups in total. The summed E-state index contributed by atoms with van der Waals surface area (Å²) < 4.78 is 11.2. The molecule has 0 saturated carbocycles. The van der Waals surface area contributed by atoms with Gasteiger partial charge in [-0.1, -0.05) is 6.07 Å². The number of amides is 1. The number of nitrogens with zero attached hydrogens (tertiary/aromatic N) is 3. The second kappa shape index (κ2) is 7.01. The summed E-state index contributed by atoms with van der Waals surface area (Å²) in [5.74, 6) is -0.0676. The van der Waals surface area contributed by atoms with Crippen LogP contribution in [0.4, 0.5) is 6.01 Å². The Morgan fingerprint density at radius 1 is 1.20 bits per heavy atom. The zero-order valence-electron chi connectivity index (χ0n) is 14.5. The van der Waals surface area contributed by atoms with Crippen molar-refractivity contribution in [2.45, 2.75) is 18.9 Å². The zero-order valence-corrected chi connectivity index (χ0v) is 14.5. The van der Waals surface area contributed by atoms with Gasteiger partial charge in [-0.25, -0.2) is 0 Å². The van der Waals surface area contributed by atoms with E-state index in [4.69, 9.17) is 9.15 Å². The number of rotatable bonds is 3. The minimum Gasteiger partial charge on any atom is -0.423 e. The van der Waals surface area contributed by atoms with Gasteiger partial charge in [0.25, 0.3) is 11.9 Å². The molecule has 2 fully saturated rings. The van der Waals surface area contributed by atoms with Crippen molar-refractivity contribution in [3.05, 3.63) is 23.8 Å². The van der Waals surface area contributed by atoms with Crippen molar-refractivity contribution in [3.8, 4) is 0 Å². The fourth-order valence-corrected chi connectivity index (χ4v) is 3.43. The van der Waals surface area contributed by atoms with E-state index < -0.39 is 0 Å². The Hall–Kier alpha value is -2.12. The summed E-state index contributed by atoms with van der Waals surface area (Å²) in [6.07, 6.45) is 1.96. The number of anilines is 1. The van der Waals surface area contributed by atoms with Gasteiger partial charge in [-0.15, -0.1) is 0 Å². The van der Waals surface area contributed by atoms with Crippen LogP contribution >= 0.6 is 0 Å². The SMILES string of the molecule is CN1CCC(NC(=O)c2cccc3oc(N4CCOCC4)nc23)CC1. The average Bonchev–Trinajstić information content (AvgIpc) is 3.08. The number of ether oxygens (including phenoxy) is 1. The minimum absolute atomic E-state index is 0.0676. The lowest BCUT2D eigenvalue weighted by molar-refractivity contribution is 0.0918. The van der Waals surface area contributed by atoms with Gasteiger partial charge in [0.1, 0.15) is 5.52 Å².